The van der Waals surface area contributed by atoms with Crippen molar-refractivity contribution in [2.45, 2.75) is 26.1 Å². The van der Waals surface area contributed by atoms with Crippen LogP contribution in [0.1, 0.15) is 36.0 Å². The molecule has 0 bridgehead atoms. The molecule has 0 radical (unpaired) electrons. The summed E-state index contributed by atoms with van der Waals surface area (Å²) in [7, 11) is 0. The van der Waals surface area contributed by atoms with Crippen LogP contribution in [0.25, 0.3) is 0 Å². The fourth-order valence-electron chi connectivity index (χ4n) is 2.83. The Morgan fingerprint density at radius 3 is 2.52 bits per heavy atom. The summed E-state index contributed by atoms with van der Waals surface area (Å²) in [6.45, 7) is 5.42. The minimum Gasteiger partial charge on any atom is -0.366 e. The van der Waals surface area contributed by atoms with E-state index in [0.717, 1.165) is 5.56 Å². The topological polar surface area (TPSA) is 42.4 Å². The number of carbonyl (C=O) groups is 1. The van der Waals surface area contributed by atoms with Crippen LogP contribution in [0.4, 0.5) is 0 Å². The van der Waals surface area contributed by atoms with Crippen molar-refractivity contribution < 1.29 is 9.53 Å². The Hall–Kier alpha value is -2.20. The van der Waals surface area contributed by atoms with E-state index in [4.69, 9.17) is 4.74 Å². The molecule has 0 aliphatic carbocycles. The molecule has 0 spiro atoms. The minimum absolute atomic E-state index is 0.0273. The van der Waals surface area contributed by atoms with Gasteiger partial charge in [0.25, 0.3) is 5.91 Å². The van der Waals surface area contributed by atoms with Gasteiger partial charge in [0.1, 0.15) is 11.8 Å². The van der Waals surface area contributed by atoms with Gasteiger partial charge in [-0.2, -0.15) is 0 Å². The summed E-state index contributed by atoms with van der Waals surface area (Å²) in [6.07, 6.45) is 1.59. The van der Waals surface area contributed by atoms with Crippen LogP contribution >= 0.6 is 0 Å². The third kappa shape index (κ3) is 3.59. The molecule has 2 atom stereocenters. The summed E-state index contributed by atoms with van der Waals surface area (Å²) < 4.78 is 6.24. The molecule has 1 saturated heterocycles. The molecule has 0 N–H and O–H groups in total. The Morgan fingerprint density at radius 1 is 1.13 bits per heavy atom. The number of hydrogen-bond acceptors (Lipinski definition) is 3. The van der Waals surface area contributed by atoms with Crippen molar-refractivity contribution in [1.29, 1.82) is 0 Å². The van der Waals surface area contributed by atoms with Crippen LogP contribution in [0.2, 0.25) is 0 Å². The lowest BCUT2D eigenvalue weighted by Gasteiger charge is -2.39. The molecule has 23 heavy (non-hydrogen) atoms. The molecule has 2 aromatic rings. The van der Waals surface area contributed by atoms with E-state index >= 15 is 0 Å². The van der Waals surface area contributed by atoms with Crippen LogP contribution in [0.5, 0.6) is 0 Å². The first-order valence-electron chi connectivity index (χ1n) is 8.06. The number of morpholine rings is 1. The lowest BCUT2D eigenvalue weighted by Crippen LogP contribution is -2.48. The first-order chi connectivity index (χ1) is 11.1. The van der Waals surface area contributed by atoms with Crippen molar-refractivity contribution in [3.63, 3.8) is 0 Å². The number of benzene rings is 1. The summed E-state index contributed by atoms with van der Waals surface area (Å²) in [5, 5.41) is 0. The highest BCUT2D eigenvalue weighted by Crippen LogP contribution is 2.28. The first-order valence-corrected chi connectivity index (χ1v) is 8.06. The lowest BCUT2D eigenvalue weighted by molar-refractivity contribution is -0.0955. The van der Waals surface area contributed by atoms with Gasteiger partial charge in [-0.05, 0) is 23.6 Å². The second-order valence-electron chi connectivity index (χ2n) is 6.24. The molecular formula is C19H22N2O2. The van der Waals surface area contributed by atoms with E-state index in [0.29, 0.717) is 24.7 Å². The highest BCUT2D eigenvalue weighted by Gasteiger charge is 2.33. The number of pyridine rings is 1. The van der Waals surface area contributed by atoms with Gasteiger partial charge in [-0.1, -0.05) is 50.2 Å². The zero-order valence-electron chi connectivity index (χ0n) is 13.6. The van der Waals surface area contributed by atoms with E-state index in [1.165, 1.54) is 0 Å². The summed E-state index contributed by atoms with van der Waals surface area (Å²) in [5.74, 6) is 0.320. The molecule has 1 aromatic carbocycles. The number of nitrogens with zero attached hydrogens (tertiary/aromatic N) is 2. The van der Waals surface area contributed by atoms with E-state index in [2.05, 4.69) is 31.0 Å². The molecule has 4 heteroatoms. The number of aromatic nitrogens is 1. The maximum atomic E-state index is 12.8. The molecule has 1 aliphatic heterocycles. The number of rotatable bonds is 3. The van der Waals surface area contributed by atoms with Crippen molar-refractivity contribution in [3.05, 3.63) is 66.0 Å². The van der Waals surface area contributed by atoms with Gasteiger partial charge >= 0.3 is 0 Å². The van der Waals surface area contributed by atoms with Crippen LogP contribution in [0.15, 0.2) is 54.7 Å². The Balaban J connectivity index is 1.84. The van der Waals surface area contributed by atoms with E-state index in [1.54, 1.807) is 12.3 Å². The fraction of sp³-hybridized carbons (Fsp3) is 0.368. The van der Waals surface area contributed by atoms with Crippen molar-refractivity contribution in [1.82, 2.24) is 9.88 Å². The molecule has 1 aromatic heterocycles. The summed E-state index contributed by atoms with van der Waals surface area (Å²) in [6, 6.07) is 15.5. The molecule has 1 aliphatic rings. The van der Waals surface area contributed by atoms with Gasteiger partial charge < -0.3 is 9.64 Å². The molecule has 2 heterocycles. The third-order valence-corrected chi connectivity index (χ3v) is 4.21. The van der Waals surface area contributed by atoms with Crippen LogP contribution < -0.4 is 0 Å². The number of ether oxygens (including phenoxy) is 1. The summed E-state index contributed by atoms with van der Waals surface area (Å²) in [4.78, 5) is 18.8. The van der Waals surface area contributed by atoms with Crippen LogP contribution in [0.3, 0.4) is 0 Å². The molecule has 4 nitrogen and oxygen atoms in total. The van der Waals surface area contributed by atoms with Crippen LogP contribution in [-0.2, 0) is 4.74 Å². The molecule has 1 amide bonds. The molecule has 0 saturated carbocycles. The van der Waals surface area contributed by atoms with Gasteiger partial charge in [-0.3, -0.25) is 9.78 Å². The van der Waals surface area contributed by atoms with E-state index < -0.39 is 0 Å². The number of carbonyl (C=O) groups excluding carboxylic acids is 1. The van der Waals surface area contributed by atoms with Crippen LogP contribution in [0, 0.1) is 5.92 Å². The van der Waals surface area contributed by atoms with Crippen molar-refractivity contribution in [2.75, 3.05) is 13.1 Å². The van der Waals surface area contributed by atoms with E-state index in [9.17, 15) is 4.79 Å². The van der Waals surface area contributed by atoms with E-state index in [-0.39, 0.29) is 18.1 Å². The standard InChI is InChI=1S/C19H22N2O2/c1-14(2)17-12-21(19(22)16-10-6-7-11-20-16)13-18(23-17)15-8-4-3-5-9-15/h3-11,14,17-18H,12-13H2,1-2H3/t17-,18+/m1/s1. The normalized spacial score (nSPS) is 21.4. The predicted molar refractivity (Wildman–Crippen MR) is 89.0 cm³/mol. The van der Waals surface area contributed by atoms with Crippen molar-refractivity contribution in [3.8, 4) is 0 Å². The molecular weight excluding hydrogens is 288 g/mol. The molecule has 0 unspecified atom stereocenters. The Labute approximate surface area is 137 Å². The Bertz CT molecular complexity index is 643. The van der Waals surface area contributed by atoms with Gasteiger partial charge in [-0.15, -0.1) is 0 Å². The second kappa shape index (κ2) is 6.92. The fourth-order valence-corrected chi connectivity index (χ4v) is 2.83. The molecule has 1 fully saturated rings. The summed E-state index contributed by atoms with van der Waals surface area (Å²) >= 11 is 0. The quantitative estimate of drug-likeness (QED) is 0.873. The maximum Gasteiger partial charge on any atom is 0.272 e. The molecule has 120 valence electrons. The number of hydrogen-bond donors (Lipinski definition) is 0. The average molecular weight is 310 g/mol. The van der Waals surface area contributed by atoms with E-state index in [1.807, 2.05) is 35.2 Å². The monoisotopic (exact) mass is 310 g/mol. The van der Waals surface area contributed by atoms with Gasteiger partial charge in [0.2, 0.25) is 0 Å². The smallest absolute Gasteiger partial charge is 0.272 e. The van der Waals surface area contributed by atoms with Gasteiger partial charge in [0, 0.05) is 12.7 Å². The number of amides is 1. The van der Waals surface area contributed by atoms with Gasteiger partial charge in [0.15, 0.2) is 0 Å². The van der Waals surface area contributed by atoms with Gasteiger partial charge in [-0.25, -0.2) is 0 Å². The average Bonchev–Trinajstić information content (AvgIpc) is 2.62. The SMILES string of the molecule is CC(C)[C@H]1CN(C(=O)c2ccccn2)C[C@@H](c2ccccc2)O1. The highest BCUT2D eigenvalue weighted by molar-refractivity contribution is 5.92. The first kappa shape index (κ1) is 15.7. The minimum atomic E-state index is -0.0926. The van der Waals surface area contributed by atoms with Gasteiger partial charge in [0.05, 0.1) is 12.6 Å². The largest absolute Gasteiger partial charge is 0.366 e. The highest BCUT2D eigenvalue weighted by atomic mass is 16.5. The zero-order chi connectivity index (χ0) is 16.2. The second-order valence-corrected chi connectivity index (χ2v) is 6.24. The summed E-state index contributed by atoms with van der Waals surface area (Å²) in [5.41, 5.74) is 1.60. The van der Waals surface area contributed by atoms with Crippen molar-refractivity contribution >= 4 is 5.91 Å². The third-order valence-electron chi connectivity index (χ3n) is 4.21. The lowest BCUT2D eigenvalue weighted by atomic mass is 10.0. The van der Waals surface area contributed by atoms with Crippen LogP contribution in [-0.4, -0.2) is 35.0 Å². The zero-order valence-corrected chi connectivity index (χ0v) is 13.6. The van der Waals surface area contributed by atoms with Crippen molar-refractivity contribution in [2.24, 2.45) is 5.92 Å². The Kier molecular flexibility index (Phi) is 4.72. The maximum absolute atomic E-state index is 12.8. The Morgan fingerprint density at radius 2 is 1.87 bits per heavy atom. The predicted octanol–water partition coefficient (Wildman–Crippen LogP) is 3.32. The molecule has 3 rings (SSSR count).